The van der Waals surface area contributed by atoms with Crippen LogP contribution in [0.15, 0.2) is 12.4 Å². The zero-order valence-corrected chi connectivity index (χ0v) is 12.5. The lowest BCUT2D eigenvalue weighted by Crippen LogP contribution is -2.51. The Morgan fingerprint density at radius 3 is 3.00 bits per heavy atom. The van der Waals surface area contributed by atoms with Gasteiger partial charge >= 0.3 is 5.97 Å². The molecule has 1 unspecified atom stereocenters. The third kappa shape index (κ3) is 3.00. The minimum Gasteiger partial charge on any atom is -0.464 e. The quantitative estimate of drug-likeness (QED) is 0.826. The molecule has 0 bridgehead atoms. The van der Waals surface area contributed by atoms with Gasteiger partial charge in [-0.3, -0.25) is 4.98 Å². The van der Waals surface area contributed by atoms with Crippen LogP contribution in [-0.4, -0.2) is 49.2 Å². The number of esters is 1. The predicted molar refractivity (Wildman–Crippen MR) is 79.4 cm³/mol. The molecule has 1 aromatic heterocycles. The summed E-state index contributed by atoms with van der Waals surface area (Å²) in [5.41, 5.74) is 0.621. The minimum absolute atomic E-state index is 0.274. The monoisotopic (exact) mass is 290 g/mol. The van der Waals surface area contributed by atoms with Crippen molar-refractivity contribution in [2.75, 3.05) is 38.2 Å². The number of aromatic nitrogens is 2. The largest absolute Gasteiger partial charge is 0.464 e. The van der Waals surface area contributed by atoms with Crippen LogP contribution in [0.4, 0.5) is 5.82 Å². The first-order chi connectivity index (χ1) is 10.2. The van der Waals surface area contributed by atoms with Crippen molar-refractivity contribution in [2.24, 2.45) is 5.41 Å². The molecule has 2 fully saturated rings. The number of carbonyl (C=O) groups is 1. The summed E-state index contributed by atoms with van der Waals surface area (Å²) in [6.07, 6.45) is 8.12. The molecule has 2 aliphatic rings. The number of piperidine rings is 2. The molecule has 0 radical (unpaired) electrons. The third-order valence-electron chi connectivity index (χ3n) is 4.56. The van der Waals surface area contributed by atoms with Crippen LogP contribution in [0, 0.1) is 5.41 Å². The van der Waals surface area contributed by atoms with Gasteiger partial charge in [-0.15, -0.1) is 0 Å². The summed E-state index contributed by atoms with van der Waals surface area (Å²) in [5.74, 6) is 0.345. The van der Waals surface area contributed by atoms with E-state index in [1.807, 2.05) is 0 Å². The van der Waals surface area contributed by atoms with Crippen LogP contribution in [-0.2, 0) is 4.74 Å². The summed E-state index contributed by atoms with van der Waals surface area (Å²) >= 11 is 0. The molecule has 0 aromatic carbocycles. The highest BCUT2D eigenvalue weighted by Crippen LogP contribution is 2.37. The van der Waals surface area contributed by atoms with Crippen molar-refractivity contribution >= 4 is 11.8 Å². The van der Waals surface area contributed by atoms with Gasteiger partial charge in [0.25, 0.3) is 0 Å². The van der Waals surface area contributed by atoms with Crippen LogP contribution >= 0.6 is 0 Å². The number of anilines is 1. The molecular formula is C15H22N4O2. The molecule has 1 atom stereocenters. The zero-order valence-electron chi connectivity index (χ0n) is 12.5. The van der Waals surface area contributed by atoms with E-state index in [0.717, 1.165) is 38.4 Å². The molecule has 21 heavy (non-hydrogen) atoms. The number of methoxy groups -OCH3 is 1. The van der Waals surface area contributed by atoms with Crippen molar-refractivity contribution in [3.8, 4) is 0 Å². The minimum atomic E-state index is -0.435. The topological polar surface area (TPSA) is 67.3 Å². The van der Waals surface area contributed by atoms with E-state index in [1.165, 1.54) is 32.6 Å². The second-order valence-corrected chi connectivity index (χ2v) is 6.06. The number of carbonyl (C=O) groups excluding carboxylic acids is 1. The zero-order chi connectivity index (χ0) is 14.7. The van der Waals surface area contributed by atoms with Crippen molar-refractivity contribution in [2.45, 2.75) is 25.7 Å². The number of nitrogens with zero attached hydrogens (tertiary/aromatic N) is 3. The Bertz CT molecular complexity index is 509. The SMILES string of the molecule is COC(=O)c1cncc(N2CCCC3(CCCNC3)C2)n1. The number of nitrogens with one attached hydrogen (secondary N) is 1. The van der Waals surface area contributed by atoms with Crippen LogP contribution in [0.2, 0.25) is 0 Å². The number of rotatable bonds is 2. The van der Waals surface area contributed by atoms with Gasteiger partial charge in [0.1, 0.15) is 5.82 Å². The summed E-state index contributed by atoms with van der Waals surface area (Å²) in [4.78, 5) is 22.4. The average molecular weight is 290 g/mol. The smallest absolute Gasteiger partial charge is 0.358 e. The van der Waals surface area contributed by atoms with E-state index in [4.69, 9.17) is 4.74 Å². The van der Waals surface area contributed by atoms with Gasteiger partial charge in [-0.1, -0.05) is 0 Å². The summed E-state index contributed by atoms with van der Waals surface area (Å²) in [6, 6.07) is 0. The van der Waals surface area contributed by atoms with Crippen molar-refractivity contribution in [1.29, 1.82) is 0 Å². The maximum atomic E-state index is 11.6. The van der Waals surface area contributed by atoms with Crippen molar-refractivity contribution in [3.63, 3.8) is 0 Å². The maximum absolute atomic E-state index is 11.6. The highest BCUT2D eigenvalue weighted by Gasteiger charge is 2.37. The molecule has 2 saturated heterocycles. The van der Waals surface area contributed by atoms with Crippen LogP contribution in [0.5, 0.6) is 0 Å². The predicted octanol–water partition coefficient (Wildman–Crippen LogP) is 1.23. The highest BCUT2D eigenvalue weighted by molar-refractivity contribution is 5.87. The molecule has 114 valence electrons. The fourth-order valence-corrected chi connectivity index (χ4v) is 3.49. The summed E-state index contributed by atoms with van der Waals surface area (Å²) in [7, 11) is 1.36. The number of hydrogen-bond acceptors (Lipinski definition) is 6. The molecule has 1 N–H and O–H groups in total. The fraction of sp³-hybridized carbons (Fsp3) is 0.667. The molecule has 0 amide bonds. The number of ether oxygens (including phenoxy) is 1. The lowest BCUT2D eigenvalue weighted by Gasteiger charge is -2.45. The van der Waals surface area contributed by atoms with Crippen molar-refractivity contribution in [3.05, 3.63) is 18.1 Å². The summed E-state index contributed by atoms with van der Waals surface area (Å²) < 4.78 is 4.72. The Morgan fingerprint density at radius 1 is 1.38 bits per heavy atom. The Morgan fingerprint density at radius 2 is 2.24 bits per heavy atom. The van der Waals surface area contributed by atoms with Crippen LogP contribution in [0.1, 0.15) is 36.2 Å². The third-order valence-corrected chi connectivity index (χ3v) is 4.56. The Labute approximate surface area is 124 Å². The second kappa shape index (κ2) is 5.97. The molecule has 0 saturated carbocycles. The molecule has 6 heteroatoms. The summed E-state index contributed by atoms with van der Waals surface area (Å²) in [5, 5.41) is 3.52. The molecular weight excluding hydrogens is 268 g/mol. The molecule has 0 aliphatic carbocycles. The Kier molecular flexibility index (Phi) is 4.05. The van der Waals surface area contributed by atoms with Gasteiger partial charge in [0.15, 0.2) is 5.69 Å². The van der Waals surface area contributed by atoms with Gasteiger partial charge in [0.2, 0.25) is 0 Å². The fourth-order valence-electron chi connectivity index (χ4n) is 3.49. The summed E-state index contributed by atoms with van der Waals surface area (Å²) in [6.45, 7) is 4.16. The van der Waals surface area contributed by atoms with E-state index in [0.29, 0.717) is 5.41 Å². The van der Waals surface area contributed by atoms with Gasteiger partial charge in [-0.05, 0) is 32.2 Å². The van der Waals surface area contributed by atoms with Crippen LogP contribution < -0.4 is 10.2 Å². The highest BCUT2D eigenvalue weighted by atomic mass is 16.5. The molecule has 3 rings (SSSR count). The molecule has 2 aliphatic heterocycles. The van der Waals surface area contributed by atoms with Crippen LogP contribution in [0.3, 0.4) is 0 Å². The lowest BCUT2D eigenvalue weighted by molar-refractivity contribution is 0.0593. The molecule has 1 aromatic rings. The van der Waals surface area contributed by atoms with Gasteiger partial charge in [-0.25, -0.2) is 9.78 Å². The average Bonchev–Trinajstić information content (AvgIpc) is 2.55. The van der Waals surface area contributed by atoms with Gasteiger partial charge in [-0.2, -0.15) is 0 Å². The number of hydrogen-bond donors (Lipinski definition) is 1. The van der Waals surface area contributed by atoms with Gasteiger partial charge in [0, 0.05) is 25.0 Å². The normalized spacial score (nSPS) is 25.9. The van der Waals surface area contributed by atoms with Crippen LogP contribution in [0.25, 0.3) is 0 Å². The first-order valence-electron chi connectivity index (χ1n) is 7.58. The lowest BCUT2D eigenvalue weighted by atomic mass is 9.74. The van der Waals surface area contributed by atoms with E-state index in [2.05, 4.69) is 20.2 Å². The molecule has 3 heterocycles. The Hall–Kier alpha value is -1.69. The second-order valence-electron chi connectivity index (χ2n) is 6.06. The van der Waals surface area contributed by atoms with Gasteiger partial charge in [0.05, 0.1) is 19.5 Å². The van der Waals surface area contributed by atoms with E-state index >= 15 is 0 Å². The standard InChI is InChI=1S/C15H22N4O2/c1-21-14(20)12-8-17-9-13(18-12)19-7-3-5-15(11-19)4-2-6-16-10-15/h8-9,16H,2-7,10-11H2,1H3. The first kappa shape index (κ1) is 14.3. The van der Waals surface area contributed by atoms with Crippen molar-refractivity contribution < 1.29 is 9.53 Å². The van der Waals surface area contributed by atoms with Gasteiger partial charge < -0.3 is 15.0 Å². The van der Waals surface area contributed by atoms with E-state index in [1.54, 1.807) is 6.20 Å². The maximum Gasteiger partial charge on any atom is 0.358 e. The Balaban J connectivity index is 1.78. The van der Waals surface area contributed by atoms with E-state index < -0.39 is 5.97 Å². The van der Waals surface area contributed by atoms with E-state index in [9.17, 15) is 4.79 Å². The molecule has 6 nitrogen and oxygen atoms in total. The van der Waals surface area contributed by atoms with Crippen molar-refractivity contribution in [1.82, 2.24) is 15.3 Å². The molecule has 1 spiro atoms. The first-order valence-corrected chi connectivity index (χ1v) is 7.58. The van der Waals surface area contributed by atoms with E-state index in [-0.39, 0.29) is 5.69 Å².